The molecule has 0 N–H and O–H groups in total. The summed E-state index contributed by atoms with van der Waals surface area (Å²) in [5.41, 5.74) is 1.92. The highest BCUT2D eigenvalue weighted by Gasteiger charge is 2.27. The van der Waals surface area contributed by atoms with Crippen LogP contribution in [0.5, 0.6) is 0 Å². The first-order valence-corrected chi connectivity index (χ1v) is 7.28. The Morgan fingerprint density at radius 2 is 2.00 bits per heavy atom. The van der Waals surface area contributed by atoms with Crippen LogP contribution in [0, 0.1) is 19.3 Å². The number of hydrogen-bond acceptors (Lipinski definition) is 2. The van der Waals surface area contributed by atoms with E-state index in [0.29, 0.717) is 19.5 Å². The quantitative estimate of drug-likeness (QED) is 0.790. The van der Waals surface area contributed by atoms with Crippen molar-refractivity contribution in [3.63, 3.8) is 0 Å². The number of Topliss-reactive ketones (excluding diaryl/α,β-unsaturated/α-hetero) is 1. The Kier molecular flexibility index (Phi) is 4.94. The van der Waals surface area contributed by atoms with Crippen molar-refractivity contribution in [2.75, 3.05) is 13.1 Å². The molecule has 1 aromatic carbocycles. The maximum Gasteiger partial charge on any atom is 0.222 e. The lowest BCUT2D eigenvalue weighted by Crippen LogP contribution is -2.40. The smallest absolute Gasteiger partial charge is 0.222 e. The van der Waals surface area contributed by atoms with Crippen LogP contribution in [0.1, 0.15) is 42.1 Å². The second-order valence-corrected chi connectivity index (χ2v) is 5.50. The number of likely N-dealkylation sites (tertiary alicyclic amines) is 1. The largest absolute Gasteiger partial charge is 0.343 e. The molecule has 1 saturated heterocycles. The van der Waals surface area contributed by atoms with Gasteiger partial charge in [0.05, 0.1) is 0 Å². The number of carbonyl (C=O) groups excluding carboxylic acids is 2. The van der Waals surface area contributed by atoms with E-state index in [4.69, 9.17) is 0 Å². The first-order valence-electron chi connectivity index (χ1n) is 7.28. The number of piperidine rings is 1. The first kappa shape index (κ1) is 14.8. The van der Waals surface area contributed by atoms with E-state index in [0.717, 1.165) is 24.0 Å². The average molecular weight is 272 g/mol. The molecule has 0 saturated carbocycles. The third-order valence-corrected chi connectivity index (χ3v) is 3.90. The number of hydrogen-bond donors (Lipinski definition) is 0. The predicted molar refractivity (Wildman–Crippen MR) is 79.4 cm³/mol. The van der Waals surface area contributed by atoms with Gasteiger partial charge in [0.1, 0.15) is 0 Å². The highest BCUT2D eigenvalue weighted by Crippen LogP contribution is 2.22. The van der Waals surface area contributed by atoms with E-state index in [-0.39, 0.29) is 17.6 Å². The molecule has 1 amide bonds. The van der Waals surface area contributed by atoms with Gasteiger partial charge in [0.15, 0.2) is 5.78 Å². The highest BCUT2D eigenvalue weighted by atomic mass is 16.2. The molecule has 1 aliphatic rings. The summed E-state index contributed by atoms with van der Waals surface area (Å²) in [6.45, 7) is 5.30. The zero-order valence-electron chi connectivity index (χ0n) is 12.3. The minimum atomic E-state index is 0.0615. The molecule has 0 spiro atoms. The summed E-state index contributed by atoms with van der Waals surface area (Å²) in [6, 6.07) is 7.77. The van der Waals surface area contributed by atoms with Crippen molar-refractivity contribution < 1.29 is 9.59 Å². The molecule has 2 rings (SSSR count). The molecular weight excluding hydrogens is 250 g/mol. The Hall–Kier alpha value is -1.64. The van der Waals surface area contributed by atoms with Gasteiger partial charge >= 0.3 is 0 Å². The van der Waals surface area contributed by atoms with Gasteiger partial charge < -0.3 is 4.90 Å². The van der Waals surface area contributed by atoms with Crippen LogP contribution in [0.4, 0.5) is 0 Å². The Morgan fingerprint density at radius 1 is 1.30 bits per heavy atom. The maximum absolute atomic E-state index is 12.4. The fraction of sp³-hybridized carbons (Fsp3) is 0.471. The van der Waals surface area contributed by atoms with Crippen molar-refractivity contribution in [3.05, 3.63) is 41.8 Å². The van der Waals surface area contributed by atoms with Crippen LogP contribution in [0.2, 0.25) is 0 Å². The van der Waals surface area contributed by atoms with Crippen molar-refractivity contribution in [1.82, 2.24) is 4.90 Å². The van der Waals surface area contributed by atoms with E-state index < -0.39 is 0 Å². The zero-order chi connectivity index (χ0) is 14.5. The van der Waals surface area contributed by atoms with Gasteiger partial charge in [-0.3, -0.25) is 9.59 Å². The molecule has 1 heterocycles. The van der Waals surface area contributed by atoms with Crippen molar-refractivity contribution in [1.29, 1.82) is 0 Å². The van der Waals surface area contributed by atoms with Crippen molar-refractivity contribution >= 4 is 11.7 Å². The van der Waals surface area contributed by atoms with Gasteiger partial charge in [-0.15, -0.1) is 0 Å². The van der Waals surface area contributed by atoms with Crippen LogP contribution in [0.3, 0.4) is 0 Å². The molecule has 20 heavy (non-hydrogen) atoms. The van der Waals surface area contributed by atoms with Gasteiger partial charge in [0.2, 0.25) is 5.91 Å². The van der Waals surface area contributed by atoms with Gasteiger partial charge in [0, 0.05) is 31.0 Å². The third-order valence-electron chi connectivity index (χ3n) is 3.90. The Bertz CT molecular complexity index is 488. The van der Waals surface area contributed by atoms with Crippen molar-refractivity contribution in [3.8, 4) is 0 Å². The lowest BCUT2D eigenvalue weighted by Gasteiger charge is -2.31. The van der Waals surface area contributed by atoms with E-state index in [1.807, 2.05) is 49.4 Å². The average Bonchev–Trinajstić information content (AvgIpc) is 2.47. The summed E-state index contributed by atoms with van der Waals surface area (Å²) in [5.74, 6) is 0.461. The molecule has 3 nitrogen and oxygen atoms in total. The Labute approximate surface area is 121 Å². The number of amides is 1. The molecule has 0 aromatic heterocycles. The number of aryl methyl sites for hydroxylation is 1. The predicted octanol–water partition coefficient (Wildman–Crippen LogP) is 3.03. The lowest BCUT2D eigenvalue weighted by atomic mass is 9.88. The van der Waals surface area contributed by atoms with E-state index in [2.05, 4.69) is 0 Å². The van der Waals surface area contributed by atoms with Crippen molar-refractivity contribution in [2.45, 2.75) is 33.1 Å². The zero-order valence-corrected chi connectivity index (χ0v) is 12.3. The number of benzene rings is 1. The molecule has 0 atom stereocenters. The molecule has 1 aromatic rings. The normalized spacial score (nSPS) is 16.2. The van der Waals surface area contributed by atoms with E-state index in [1.165, 1.54) is 0 Å². The molecule has 107 valence electrons. The molecule has 0 aliphatic carbocycles. The second kappa shape index (κ2) is 6.69. The SMILES string of the molecule is C[CH]CC(=O)N1CCC(C(=O)c2cccc(C)c2)CC1. The molecule has 0 unspecified atom stereocenters. The Morgan fingerprint density at radius 3 is 2.60 bits per heavy atom. The monoisotopic (exact) mass is 272 g/mol. The minimum Gasteiger partial charge on any atom is -0.343 e. The number of rotatable bonds is 4. The summed E-state index contributed by atoms with van der Waals surface area (Å²) in [7, 11) is 0. The minimum absolute atomic E-state index is 0.0615. The van der Waals surface area contributed by atoms with Gasteiger partial charge in [-0.05, 0) is 32.3 Å². The van der Waals surface area contributed by atoms with Crippen LogP contribution in [-0.4, -0.2) is 29.7 Å². The lowest BCUT2D eigenvalue weighted by molar-refractivity contribution is -0.131. The molecule has 1 radical (unpaired) electrons. The molecule has 3 heteroatoms. The van der Waals surface area contributed by atoms with Crippen LogP contribution in [-0.2, 0) is 4.79 Å². The van der Waals surface area contributed by atoms with Gasteiger partial charge in [-0.2, -0.15) is 0 Å². The second-order valence-electron chi connectivity index (χ2n) is 5.50. The van der Waals surface area contributed by atoms with Crippen molar-refractivity contribution in [2.24, 2.45) is 5.92 Å². The summed E-state index contributed by atoms with van der Waals surface area (Å²) in [4.78, 5) is 26.1. The topological polar surface area (TPSA) is 37.4 Å². The van der Waals surface area contributed by atoms with Crippen LogP contribution in [0.25, 0.3) is 0 Å². The summed E-state index contributed by atoms with van der Waals surface area (Å²) >= 11 is 0. The Balaban J connectivity index is 1.93. The number of carbonyl (C=O) groups is 2. The highest BCUT2D eigenvalue weighted by molar-refractivity contribution is 5.98. The molecule has 0 bridgehead atoms. The van der Waals surface area contributed by atoms with Crippen LogP contribution in [0.15, 0.2) is 24.3 Å². The van der Waals surface area contributed by atoms with Gasteiger partial charge in [0.25, 0.3) is 0 Å². The standard InChI is InChI=1S/C17H22NO2/c1-3-5-16(19)18-10-8-14(9-11-18)17(20)15-7-4-6-13(2)12-15/h3-4,6-7,12,14H,5,8-11H2,1-2H3. The van der Waals surface area contributed by atoms with Gasteiger partial charge in [-0.25, -0.2) is 0 Å². The van der Waals surface area contributed by atoms with Crippen LogP contribution >= 0.6 is 0 Å². The first-order chi connectivity index (χ1) is 9.61. The maximum atomic E-state index is 12.4. The third kappa shape index (κ3) is 3.47. The number of nitrogens with zero attached hydrogens (tertiary/aromatic N) is 1. The van der Waals surface area contributed by atoms with Crippen LogP contribution < -0.4 is 0 Å². The van der Waals surface area contributed by atoms with E-state index >= 15 is 0 Å². The number of ketones is 1. The van der Waals surface area contributed by atoms with Gasteiger partial charge in [-0.1, -0.05) is 30.7 Å². The molecule has 1 fully saturated rings. The van der Waals surface area contributed by atoms with E-state index in [9.17, 15) is 9.59 Å². The summed E-state index contributed by atoms with van der Waals surface area (Å²) in [5, 5.41) is 0. The molecular formula is C17H22NO2. The molecule has 1 aliphatic heterocycles. The summed E-state index contributed by atoms with van der Waals surface area (Å²) in [6.07, 6.45) is 3.94. The fourth-order valence-electron chi connectivity index (χ4n) is 2.73. The van der Waals surface area contributed by atoms with E-state index in [1.54, 1.807) is 0 Å². The summed E-state index contributed by atoms with van der Waals surface area (Å²) < 4.78 is 0. The fourth-order valence-corrected chi connectivity index (χ4v) is 2.73.